The smallest absolute Gasteiger partial charge is 0.247 e. The Labute approximate surface area is 130 Å². The van der Waals surface area contributed by atoms with Gasteiger partial charge in [0, 0.05) is 42.2 Å². The van der Waals surface area contributed by atoms with E-state index in [2.05, 4.69) is 22.9 Å². The number of fused-ring (bicyclic) bond motifs is 1. The van der Waals surface area contributed by atoms with Crippen molar-refractivity contribution in [2.45, 2.75) is 25.8 Å². The monoisotopic (exact) mass is 295 g/mol. The molecule has 0 bridgehead atoms. The van der Waals surface area contributed by atoms with E-state index < -0.39 is 0 Å². The molecule has 22 heavy (non-hydrogen) atoms. The van der Waals surface area contributed by atoms with E-state index in [0.29, 0.717) is 0 Å². The van der Waals surface area contributed by atoms with Gasteiger partial charge in [-0.05, 0) is 42.8 Å². The molecular weight excluding hydrogens is 274 g/mol. The lowest BCUT2D eigenvalue weighted by Crippen LogP contribution is -2.25. The SMILES string of the molecule is CCCC(C(=O)Nc1ccc2c(ccn2C)c1)n1cccc1. The molecule has 2 heterocycles. The van der Waals surface area contributed by atoms with Crippen molar-refractivity contribution in [1.82, 2.24) is 9.13 Å². The molecule has 4 nitrogen and oxygen atoms in total. The van der Waals surface area contributed by atoms with Crippen molar-refractivity contribution < 1.29 is 4.79 Å². The molecule has 0 aliphatic rings. The third kappa shape index (κ3) is 2.77. The molecular formula is C18H21N3O. The summed E-state index contributed by atoms with van der Waals surface area (Å²) in [6.07, 6.45) is 7.71. The molecule has 2 aromatic heterocycles. The number of benzene rings is 1. The average Bonchev–Trinajstić information content (AvgIpc) is 3.15. The maximum atomic E-state index is 12.6. The highest BCUT2D eigenvalue weighted by Crippen LogP contribution is 2.22. The lowest BCUT2D eigenvalue weighted by molar-refractivity contribution is -0.119. The van der Waals surface area contributed by atoms with Gasteiger partial charge in [-0.15, -0.1) is 0 Å². The quantitative estimate of drug-likeness (QED) is 0.760. The molecule has 1 atom stereocenters. The Morgan fingerprint density at radius 1 is 1.18 bits per heavy atom. The summed E-state index contributed by atoms with van der Waals surface area (Å²) in [6.45, 7) is 2.10. The van der Waals surface area contributed by atoms with Gasteiger partial charge in [-0.2, -0.15) is 0 Å². The molecule has 1 aromatic carbocycles. The van der Waals surface area contributed by atoms with E-state index in [1.807, 2.05) is 60.5 Å². The minimum atomic E-state index is -0.161. The molecule has 0 saturated carbocycles. The van der Waals surface area contributed by atoms with Crippen LogP contribution in [-0.2, 0) is 11.8 Å². The Morgan fingerprint density at radius 2 is 1.95 bits per heavy atom. The topological polar surface area (TPSA) is 39.0 Å². The Balaban J connectivity index is 1.81. The maximum absolute atomic E-state index is 12.6. The van der Waals surface area contributed by atoms with Crippen LogP contribution in [0.15, 0.2) is 55.0 Å². The molecule has 1 amide bonds. The molecule has 1 unspecified atom stereocenters. The molecule has 0 saturated heterocycles. The molecule has 0 fully saturated rings. The lowest BCUT2D eigenvalue weighted by atomic mass is 10.1. The number of anilines is 1. The molecule has 0 spiro atoms. The number of rotatable bonds is 5. The number of aromatic nitrogens is 2. The van der Waals surface area contributed by atoms with Crippen LogP contribution in [-0.4, -0.2) is 15.0 Å². The third-order valence-corrected chi connectivity index (χ3v) is 4.00. The zero-order valence-corrected chi connectivity index (χ0v) is 13.0. The largest absolute Gasteiger partial charge is 0.351 e. The zero-order valence-electron chi connectivity index (χ0n) is 13.0. The van der Waals surface area contributed by atoms with Crippen LogP contribution in [0, 0.1) is 0 Å². The molecule has 0 radical (unpaired) electrons. The summed E-state index contributed by atoms with van der Waals surface area (Å²) in [5.74, 6) is 0.0355. The molecule has 4 heteroatoms. The summed E-state index contributed by atoms with van der Waals surface area (Å²) in [5, 5.41) is 4.18. The van der Waals surface area contributed by atoms with Gasteiger partial charge in [0.25, 0.3) is 0 Å². The number of nitrogens with zero attached hydrogens (tertiary/aromatic N) is 2. The number of aryl methyl sites for hydroxylation is 1. The van der Waals surface area contributed by atoms with Gasteiger partial charge in [0.2, 0.25) is 5.91 Å². The minimum absolute atomic E-state index is 0.0355. The summed E-state index contributed by atoms with van der Waals surface area (Å²) >= 11 is 0. The second-order valence-corrected chi connectivity index (χ2v) is 5.62. The van der Waals surface area contributed by atoms with E-state index in [4.69, 9.17) is 0 Å². The van der Waals surface area contributed by atoms with Crippen molar-refractivity contribution >= 4 is 22.5 Å². The molecule has 114 valence electrons. The summed E-state index contributed by atoms with van der Waals surface area (Å²) < 4.78 is 4.04. The summed E-state index contributed by atoms with van der Waals surface area (Å²) in [4.78, 5) is 12.6. The molecule has 1 N–H and O–H groups in total. The number of nitrogens with one attached hydrogen (secondary N) is 1. The Bertz CT molecular complexity index is 771. The molecule has 0 aliphatic heterocycles. The molecule has 0 aliphatic carbocycles. The van der Waals surface area contributed by atoms with E-state index in [-0.39, 0.29) is 11.9 Å². The van der Waals surface area contributed by atoms with E-state index in [0.717, 1.165) is 29.4 Å². The van der Waals surface area contributed by atoms with E-state index in [1.54, 1.807) is 0 Å². The first-order chi connectivity index (χ1) is 10.7. The number of hydrogen-bond acceptors (Lipinski definition) is 1. The van der Waals surface area contributed by atoms with Crippen molar-refractivity contribution in [3.05, 3.63) is 55.0 Å². The first kappa shape index (κ1) is 14.4. The number of amides is 1. The van der Waals surface area contributed by atoms with Gasteiger partial charge >= 0.3 is 0 Å². The fourth-order valence-corrected chi connectivity index (χ4v) is 2.83. The zero-order chi connectivity index (χ0) is 15.5. The van der Waals surface area contributed by atoms with Crippen LogP contribution in [0.25, 0.3) is 10.9 Å². The van der Waals surface area contributed by atoms with Gasteiger partial charge < -0.3 is 14.5 Å². The van der Waals surface area contributed by atoms with Crippen molar-refractivity contribution in [2.75, 3.05) is 5.32 Å². The van der Waals surface area contributed by atoms with Crippen molar-refractivity contribution in [2.24, 2.45) is 7.05 Å². The van der Waals surface area contributed by atoms with Crippen LogP contribution in [0.4, 0.5) is 5.69 Å². The van der Waals surface area contributed by atoms with Crippen molar-refractivity contribution in [1.29, 1.82) is 0 Å². The van der Waals surface area contributed by atoms with Crippen LogP contribution in [0.1, 0.15) is 25.8 Å². The third-order valence-electron chi connectivity index (χ3n) is 4.00. The second-order valence-electron chi connectivity index (χ2n) is 5.62. The van der Waals surface area contributed by atoms with Crippen LogP contribution in [0.5, 0.6) is 0 Å². The second kappa shape index (κ2) is 6.10. The first-order valence-electron chi connectivity index (χ1n) is 7.67. The standard InChI is InChI=1S/C18H21N3O/c1-3-6-17(21-10-4-5-11-21)18(22)19-15-7-8-16-14(13-15)9-12-20(16)2/h4-5,7-13,17H,3,6H2,1-2H3,(H,19,22). The fraction of sp³-hybridized carbons (Fsp3) is 0.278. The van der Waals surface area contributed by atoms with Gasteiger partial charge in [0.05, 0.1) is 0 Å². The highest BCUT2D eigenvalue weighted by atomic mass is 16.2. The highest BCUT2D eigenvalue weighted by molar-refractivity contribution is 5.96. The Hall–Kier alpha value is -2.49. The number of hydrogen-bond donors (Lipinski definition) is 1. The van der Waals surface area contributed by atoms with Crippen molar-refractivity contribution in [3.63, 3.8) is 0 Å². The maximum Gasteiger partial charge on any atom is 0.247 e. The minimum Gasteiger partial charge on any atom is -0.351 e. The van der Waals surface area contributed by atoms with Gasteiger partial charge in [-0.25, -0.2) is 0 Å². The van der Waals surface area contributed by atoms with Crippen LogP contribution in [0.2, 0.25) is 0 Å². The fourth-order valence-electron chi connectivity index (χ4n) is 2.83. The van der Waals surface area contributed by atoms with Crippen LogP contribution in [0.3, 0.4) is 0 Å². The predicted molar refractivity (Wildman–Crippen MR) is 89.9 cm³/mol. The highest BCUT2D eigenvalue weighted by Gasteiger charge is 2.18. The van der Waals surface area contributed by atoms with Crippen molar-refractivity contribution in [3.8, 4) is 0 Å². The van der Waals surface area contributed by atoms with E-state index in [9.17, 15) is 4.79 Å². The normalized spacial score (nSPS) is 12.5. The summed E-state index contributed by atoms with van der Waals surface area (Å²) in [6, 6.07) is 11.8. The van der Waals surface area contributed by atoms with Gasteiger partial charge in [-0.1, -0.05) is 13.3 Å². The Morgan fingerprint density at radius 3 is 2.68 bits per heavy atom. The summed E-state index contributed by atoms with van der Waals surface area (Å²) in [7, 11) is 2.02. The van der Waals surface area contributed by atoms with E-state index >= 15 is 0 Å². The van der Waals surface area contributed by atoms with Gasteiger partial charge in [0.15, 0.2) is 0 Å². The summed E-state index contributed by atoms with van der Waals surface area (Å²) in [5.41, 5.74) is 2.01. The van der Waals surface area contributed by atoms with Gasteiger partial charge in [0.1, 0.15) is 6.04 Å². The van der Waals surface area contributed by atoms with Gasteiger partial charge in [-0.3, -0.25) is 4.79 Å². The average molecular weight is 295 g/mol. The van der Waals surface area contributed by atoms with E-state index in [1.165, 1.54) is 0 Å². The predicted octanol–water partition coefficient (Wildman–Crippen LogP) is 3.96. The molecule has 3 rings (SSSR count). The molecule has 3 aromatic rings. The Kier molecular flexibility index (Phi) is 4.00. The first-order valence-corrected chi connectivity index (χ1v) is 7.67. The van der Waals surface area contributed by atoms with Crippen LogP contribution >= 0.6 is 0 Å². The van der Waals surface area contributed by atoms with Crippen LogP contribution < -0.4 is 5.32 Å². The number of carbonyl (C=O) groups excluding carboxylic acids is 1. The number of carbonyl (C=O) groups is 1. The lowest BCUT2D eigenvalue weighted by Gasteiger charge is -2.18.